The van der Waals surface area contributed by atoms with Crippen molar-refractivity contribution in [2.45, 2.75) is 96.2 Å². The van der Waals surface area contributed by atoms with Crippen LogP contribution in [-0.4, -0.2) is 60.5 Å². The van der Waals surface area contributed by atoms with Crippen molar-refractivity contribution in [1.82, 2.24) is 25.3 Å². The molecule has 0 saturated heterocycles. The molecule has 1 heterocycles. The van der Waals surface area contributed by atoms with Crippen LogP contribution in [0, 0.1) is 18.8 Å². The summed E-state index contributed by atoms with van der Waals surface area (Å²) >= 11 is 0. The number of alkyl carbamates (subject to hydrolysis) is 1. The van der Waals surface area contributed by atoms with E-state index >= 15 is 0 Å². The van der Waals surface area contributed by atoms with Crippen molar-refractivity contribution in [2.24, 2.45) is 11.8 Å². The summed E-state index contributed by atoms with van der Waals surface area (Å²) in [5.41, 5.74) is 4.04. The molecule has 1 aliphatic rings. The number of amides is 3. The lowest BCUT2D eigenvalue weighted by atomic mass is 9.81. The van der Waals surface area contributed by atoms with Gasteiger partial charge in [-0.2, -0.15) is 0 Å². The van der Waals surface area contributed by atoms with Crippen LogP contribution in [0.1, 0.15) is 71.4 Å². The molecule has 284 valence electrons. The Labute approximate surface area is 310 Å². The fourth-order valence-corrected chi connectivity index (χ4v) is 7.91. The van der Waals surface area contributed by atoms with Crippen LogP contribution in [0.5, 0.6) is 0 Å². The van der Waals surface area contributed by atoms with Gasteiger partial charge in [0.15, 0.2) is 0 Å². The number of imidazole rings is 1. The molecule has 0 bridgehead atoms. The van der Waals surface area contributed by atoms with Gasteiger partial charge in [-0.05, 0) is 126 Å². The first kappa shape index (κ1) is 39.3. The number of aromatic nitrogens is 2. The molecule has 1 aromatic heterocycles. The largest absolute Gasteiger partial charge is 0.444 e. The molecule has 0 radical (unpaired) electrons. The molecular formula is C39H50N6O7S. The van der Waals surface area contributed by atoms with Crippen LogP contribution >= 0.6 is 0 Å². The highest BCUT2D eigenvalue weighted by molar-refractivity contribution is 7.89. The first-order valence-corrected chi connectivity index (χ1v) is 19.5. The van der Waals surface area contributed by atoms with E-state index in [1.54, 1.807) is 50.2 Å². The van der Waals surface area contributed by atoms with Crippen LogP contribution in [0.3, 0.4) is 0 Å². The number of carbonyl (C=O) groups excluding carboxylic acids is 3. The molecule has 14 heteroatoms. The first-order chi connectivity index (χ1) is 25.0. The lowest BCUT2D eigenvalue weighted by Gasteiger charge is -2.29. The third-order valence-corrected chi connectivity index (χ3v) is 10.8. The van der Waals surface area contributed by atoms with Crippen molar-refractivity contribution < 1.29 is 27.5 Å². The number of nitrogens with one attached hydrogen (secondary N) is 6. The van der Waals surface area contributed by atoms with Crippen molar-refractivity contribution in [1.29, 1.82) is 0 Å². The molecule has 1 atom stereocenters. The molecule has 5 rings (SSSR count). The fraction of sp³-hybridized carbons (Fsp3) is 0.436. The quantitative estimate of drug-likeness (QED) is 0.110. The molecule has 0 aliphatic heterocycles. The Bertz CT molecular complexity index is 2110. The Hall–Kier alpha value is -4.95. The summed E-state index contributed by atoms with van der Waals surface area (Å²) in [6.45, 7) is 11.3. The minimum Gasteiger partial charge on any atom is -0.444 e. The van der Waals surface area contributed by atoms with Crippen LogP contribution in [0.25, 0.3) is 22.2 Å². The number of aromatic amines is 2. The van der Waals surface area contributed by atoms with Gasteiger partial charge in [-0.3, -0.25) is 9.59 Å². The van der Waals surface area contributed by atoms with Crippen molar-refractivity contribution in [3.05, 3.63) is 82.3 Å². The molecule has 6 N–H and O–H groups in total. The van der Waals surface area contributed by atoms with Crippen LogP contribution < -0.4 is 26.4 Å². The van der Waals surface area contributed by atoms with E-state index in [0.29, 0.717) is 36.1 Å². The summed E-state index contributed by atoms with van der Waals surface area (Å²) in [7, 11) is -3.63. The van der Waals surface area contributed by atoms with E-state index in [2.05, 4.69) is 30.6 Å². The molecular weight excluding hydrogens is 697 g/mol. The first-order valence-electron chi connectivity index (χ1n) is 18.0. The number of aryl methyl sites for hydroxylation is 1. The zero-order valence-corrected chi connectivity index (χ0v) is 31.9. The minimum atomic E-state index is -3.63. The highest BCUT2D eigenvalue weighted by Gasteiger charge is 2.30. The number of fused-ring (bicyclic) bond motifs is 1. The Balaban J connectivity index is 1.28. The molecule has 0 spiro atoms. The number of sulfonamides is 1. The van der Waals surface area contributed by atoms with Crippen molar-refractivity contribution in [2.75, 3.05) is 11.9 Å². The van der Waals surface area contributed by atoms with E-state index in [1.165, 1.54) is 0 Å². The van der Waals surface area contributed by atoms with Gasteiger partial charge in [0.25, 0.3) is 0 Å². The number of rotatable bonds is 12. The Morgan fingerprint density at radius 3 is 2.23 bits per heavy atom. The van der Waals surface area contributed by atoms with Gasteiger partial charge in [0.1, 0.15) is 11.6 Å². The Morgan fingerprint density at radius 1 is 0.906 bits per heavy atom. The second-order valence-corrected chi connectivity index (χ2v) is 16.9. The zero-order chi connectivity index (χ0) is 38.5. The molecule has 1 fully saturated rings. The number of benzene rings is 3. The zero-order valence-electron chi connectivity index (χ0n) is 31.1. The summed E-state index contributed by atoms with van der Waals surface area (Å²) in [5, 5.41) is 8.74. The lowest BCUT2D eigenvalue weighted by molar-refractivity contribution is -0.130. The van der Waals surface area contributed by atoms with E-state index in [9.17, 15) is 27.6 Å². The minimum absolute atomic E-state index is 0.196. The molecule has 3 aromatic carbocycles. The molecule has 1 saturated carbocycles. The summed E-state index contributed by atoms with van der Waals surface area (Å²) in [6.07, 6.45) is 2.51. The third kappa shape index (κ3) is 10.8. The van der Waals surface area contributed by atoms with Crippen LogP contribution in [0.4, 0.5) is 10.5 Å². The molecule has 1 aliphatic carbocycles. The summed E-state index contributed by atoms with van der Waals surface area (Å²) in [6, 6.07) is 16.5. The van der Waals surface area contributed by atoms with Gasteiger partial charge >= 0.3 is 11.8 Å². The van der Waals surface area contributed by atoms with Crippen molar-refractivity contribution in [3.63, 3.8) is 0 Å². The molecule has 4 aromatic rings. The number of ether oxygens (including phenoxy) is 1. The number of hydrogen-bond donors (Lipinski definition) is 6. The van der Waals surface area contributed by atoms with Crippen molar-refractivity contribution >= 4 is 44.7 Å². The van der Waals surface area contributed by atoms with Gasteiger partial charge < -0.3 is 30.7 Å². The number of carbonyl (C=O) groups is 3. The summed E-state index contributed by atoms with van der Waals surface area (Å²) in [4.78, 5) is 56.8. The Kier molecular flexibility index (Phi) is 12.1. The monoisotopic (exact) mass is 746 g/mol. The van der Waals surface area contributed by atoms with Crippen LogP contribution in [0.15, 0.2) is 70.4 Å². The standard InChI is InChI=1S/C39H50N6O7S/c1-23(2)45-53(50,51)30-16-17-31(24(3)19-30)27-11-7-25(8-12-27)20-34(36(47)41-29-15-18-32-33(21-29)44-37(48)43-32)42-35(46)28-13-9-26(10-14-28)22-40-38(49)52-39(4,5)6/h7-8,11-12,15-19,21,23,26,28,34,45H,9-10,13-14,20,22H2,1-6H3,(H,40,49)(H,41,47)(H,42,46)(H2,43,44,48)/t26?,28?,34-/m0/s1. The maximum absolute atomic E-state index is 13.8. The van der Waals surface area contributed by atoms with Crippen LogP contribution in [-0.2, 0) is 30.8 Å². The van der Waals surface area contributed by atoms with Gasteiger partial charge in [0, 0.05) is 30.6 Å². The smallest absolute Gasteiger partial charge is 0.407 e. The second-order valence-electron chi connectivity index (χ2n) is 15.1. The van der Waals surface area contributed by atoms with E-state index < -0.39 is 33.7 Å². The molecule has 3 amide bonds. The van der Waals surface area contributed by atoms with E-state index in [1.807, 2.05) is 52.0 Å². The highest BCUT2D eigenvalue weighted by Crippen LogP contribution is 2.30. The van der Waals surface area contributed by atoms with Gasteiger partial charge in [-0.25, -0.2) is 22.7 Å². The summed E-state index contributed by atoms with van der Waals surface area (Å²) in [5.74, 6) is -0.668. The number of H-pyrrole nitrogens is 2. The van der Waals surface area contributed by atoms with Gasteiger partial charge in [-0.15, -0.1) is 0 Å². The predicted octanol–water partition coefficient (Wildman–Crippen LogP) is 5.52. The van der Waals surface area contributed by atoms with Crippen LogP contribution in [0.2, 0.25) is 0 Å². The third-order valence-electron chi connectivity index (χ3n) is 9.17. The second kappa shape index (κ2) is 16.4. The van der Waals surface area contributed by atoms with E-state index in [-0.39, 0.29) is 40.8 Å². The maximum atomic E-state index is 13.8. The Morgan fingerprint density at radius 2 is 1.58 bits per heavy atom. The number of anilines is 1. The molecule has 0 unspecified atom stereocenters. The lowest BCUT2D eigenvalue weighted by Crippen LogP contribution is -2.48. The highest BCUT2D eigenvalue weighted by atomic mass is 32.2. The van der Waals surface area contributed by atoms with Gasteiger partial charge in [0.2, 0.25) is 21.8 Å². The molecule has 53 heavy (non-hydrogen) atoms. The fourth-order valence-electron chi connectivity index (χ4n) is 6.57. The average Bonchev–Trinajstić information content (AvgIpc) is 3.45. The molecule has 13 nitrogen and oxygen atoms in total. The van der Waals surface area contributed by atoms with Crippen molar-refractivity contribution in [3.8, 4) is 11.1 Å². The summed E-state index contributed by atoms with van der Waals surface area (Å²) < 4.78 is 33.3. The normalized spacial score (nSPS) is 17.0. The van der Waals surface area contributed by atoms with E-state index in [4.69, 9.17) is 4.74 Å². The maximum Gasteiger partial charge on any atom is 0.407 e. The SMILES string of the molecule is Cc1cc(S(=O)(=O)NC(C)C)ccc1-c1ccc(C[C@H](NC(=O)C2CCC(CNC(=O)OC(C)(C)C)CC2)C(=O)Nc2ccc3[nH]c(=O)[nH]c3c2)cc1. The van der Waals surface area contributed by atoms with Gasteiger partial charge in [-0.1, -0.05) is 30.3 Å². The van der Waals surface area contributed by atoms with E-state index in [0.717, 1.165) is 35.1 Å². The topological polar surface area (TPSA) is 191 Å². The predicted molar refractivity (Wildman–Crippen MR) is 205 cm³/mol. The average molecular weight is 747 g/mol. The number of hydrogen-bond acceptors (Lipinski definition) is 7. The van der Waals surface area contributed by atoms with Gasteiger partial charge in [0.05, 0.1) is 15.9 Å².